The average Bonchev–Trinajstić information content (AvgIpc) is 2.94. The third-order valence-corrected chi connectivity index (χ3v) is 4.17. The Morgan fingerprint density at radius 1 is 1.29 bits per heavy atom. The normalized spacial score (nSPS) is 17.3. The van der Waals surface area contributed by atoms with Crippen molar-refractivity contribution in [2.24, 2.45) is 11.8 Å². The summed E-state index contributed by atoms with van der Waals surface area (Å²) in [5, 5.41) is 0. The number of amides is 2. The lowest BCUT2D eigenvalue weighted by atomic mass is 10.1. The van der Waals surface area contributed by atoms with Crippen molar-refractivity contribution in [1.29, 1.82) is 0 Å². The molecule has 0 spiro atoms. The van der Waals surface area contributed by atoms with Crippen LogP contribution < -0.4 is 14.4 Å². The molecule has 1 aromatic rings. The maximum atomic E-state index is 12.5. The number of hydrogen-bond donors (Lipinski definition) is 0. The van der Waals surface area contributed by atoms with Gasteiger partial charge < -0.3 is 19.3 Å². The third kappa shape index (κ3) is 3.80. The molecule has 24 heavy (non-hydrogen) atoms. The minimum Gasteiger partial charge on any atom is -0.493 e. The number of ether oxygens (including phenoxy) is 2. The Hall–Kier alpha value is -2.24. The van der Waals surface area contributed by atoms with Crippen LogP contribution in [0.15, 0.2) is 18.2 Å². The second-order valence-corrected chi connectivity index (χ2v) is 6.56. The Labute approximate surface area is 143 Å². The highest BCUT2D eigenvalue weighted by Gasteiger charge is 2.36. The molecule has 1 aliphatic heterocycles. The van der Waals surface area contributed by atoms with Crippen LogP contribution in [-0.4, -0.2) is 51.1 Å². The zero-order chi connectivity index (χ0) is 17.9. The fourth-order valence-corrected chi connectivity index (χ4v) is 3.06. The Bertz CT molecular complexity index is 615. The summed E-state index contributed by atoms with van der Waals surface area (Å²) in [6, 6.07) is 5.34. The van der Waals surface area contributed by atoms with E-state index >= 15 is 0 Å². The van der Waals surface area contributed by atoms with E-state index in [1.54, 1.807) is 43.2 Å². The monoisotopic (exact) mass is 334 g/mol. The zero-order valence-corrected chi connectivity index (χ0v) is 15.0. The summed E-state index contributed by atoms with van der Waals surface area (Å²) in [6.45, 7) is 5.23. The van der Waals surface area contributed by atoms with Gasteiger partial charge in [0.25, 0.3) is 0 Å². The molecule has 1 aliphatic rings. The number of carbonyl (C=O) groups is 2. The molecule has 0 saturated carbocycles. The van der Waals surface area contributed by atoms with E-state index in [-0.39, 0.29) is 24.2 Å². The van der Waals surface area contributed by atoms with Gasteiger partial charge >= 0.3 is 0 Å². The maximum Gasteiger partial charge on any atom is 0.227 e. The van der Waals surface area contributed by atoms with Crippen LogP contribution in [0.25, 0.3) is 0 Å². The van der Waals surface area contributed by atoms with Gasteiger partial charge in [-0.2, -0.15) is 0 Å². The third-order valence-electron chi connectivity index (χ3n) is 4.17. The van der Waals surface area contributed by atoms with Crippen molar-refractivity contribution in [1.82, 2.24) is 4.90 Å². The van der Waals surface area contributed by atoms with Gasteiger partial charge in [-0.25, -0.2) is 0 Å². The van der Waals surface area contributed by atoms with E-state index in [4.69, 9.17) is 9.47 Å². The van der Waals surface area contributed by atoms with Crippen LogP contribution in [-0.2, 0) is 9.59 Å². The van der Waals surface area contributed by atoms with Gasteiger partial charge in [0.05, 0.1) is 20.1 Å². The summed E-state index contributed by atoms with van der Waals surface area (Å²) >= 11 is 0. The first-order chi connectivity index (χ1) is 11.4. The summed E-state index contributed by atoms with van der Waals surface area (Å²) < 4.78 is 10.5. The fourth-order valence-electron chi connectivity index (χ4n) is 3.06. The van der Waals surface area contributed by atoms with E-state index in [9.17, 15) is 9.59 Å². The van der Waals surface area contributed by atoms with E-state index in [2.05, 4.69) is 13.8 Å². The van der Waals surface area contributed by atoms with Crippen molar-refractivity contribution >= 4 is 17.5 Å². The van der Waals surface area contributed by atoms with Gasteiger partial charge in [0, 0.05) is 38.3 Å². The quantitative estimate of drug-likeness (QED) is 0.800. The summed E-state index contributed by atoms with van der Waals surface area (Å²) in [5.74, 6) is 1.26. The predicted molar refractivity (Wildman–Crippen MR) is 92.5 cm³/mol. The van der Waals surface area contributed by atoms with E-state index in [1.165, 1.54) is 0 Å². The topological polar surface area (TPSA) is 59.1 Å². The lowest BCUT2D eigenvalue weighted by Gasteiger charge is -2.23. The maximum absolute atomic E-state index is 12.5. The van der Waals surface area contributed by atoms with Crippen molar-refractivity contribution in [2.75, 3.05) is 39.3 Å². The van der Waals surface area contributed by atoms with Crippen molar-refractivity contribution in [2.45, 2.75) is 20.3 Å². The van der Waals surface area contributed by atoms with Crippen LogP contribution in [0.2, 0.25) is 0 Å². The number of hydrogen-bond acceptors (Lipinski definition) is 4. The molecule has 0 aromatic heterocycles. The van der Waals surface area contributed by atoms with Crippen LogP contribution >= 0.6 is 0 Å². The first kappa shape index (κ1) is 18.1. The molecule has 132 valence electrons. The summed E-state index contributed by atoms with van der Waals surface area (Å²) in [5.41, 5.74) is 0.722. The molecule has 6 heteroatoms. The molecular formula is C18H26N2O4. The molecule has 1 unspecified atom stereocenters. The predicted octanol–water partition coefficient (Wildman–Crippen LogP) is 2.17. The first-order valence-electron chi connectivity index (χ1n) is 8.14. The van der Waals surface area contributed by atoms with Gasteiger partial charge in [-0.3, -0.25) is 9.59 Å². The van der Waals surface area contributed by atoms with E-state index in [0.717, 1.165) is 5.69 Å². The molecule has 1 saturated heterocycles. The fraction of sp³-hybridized carbons (Fsp3) is 0.556. The van der Waals surface area contributed by atoms with E-state index in [0.29, 0.717) is 30.5 Å². The van der Waals surface area contributed by atoms with Crippen LogP contribution in [0.1, 0.15) is 20.3 Å². The molecule has 0 bridgehead atoms. The summed E-state index contributed by atoms with van der Waals surface area (Å²) in [7, 11) is 4.92. The number of benzene rings is 1. The molecule has 0 radical (unpaired) electrons. The van der Waals surface area contributed by atoms with Crippen LogP contribution in [0.5, 0.6) is 11.5 Å². The highest BCUT2D eigenvalue weighted by atomic mass is 16.5. The van der Waals surface area contributed by atoms with Crippen LogP contribution in [0, 0.1) is 11.8 Å². The lowest BCUT2D eigenvalue weighted by Crippen LogP contribution is -2.36. The smallest absolute Gasteiger partial charge is 0.227 e. The Morgan fingerprint density at radius 2 is 1.96 bits per heavy atom. The molecule has 1 atom stereocenters. The van der Waals surface area contributed by atoms with E-state index < -0.39 is 0 Å². The Balaban J connectivity index is 2.14. The number of nitrogens with zero attached hydrogens (tertiary/aromatic N) is 2. The molecule has 1 fully saturated rings. The van der Waals surface area contributed by atoms with Crippen molar-refractivity contribution in [3.8, 4) is 11.5 Å². The molecule has 2 rings (SSSR count). The SMILES string of the molecule is COc1ccc(N2CC(C(=O)N(C)CC(C)C)CC2=O)cc1OC. The van der Waals surface area contributed by atoms with Gasteiger partial charge in [-0.1, -0.05) is 13.8 Å². The van der Waals surface area contributed by atoms with Crippen molar-refractivity contribution < 1.29 is 19.1 Å². The highest BCUT2D eigenvalue weighted by molar-refractivity contribution is 6.00. The Morgan fingerprint density at radius 3 is 2.54 bits per heavy atom. The number of rotatable bonds is 6. The molecule has 1 heterocycles. The van der Waals surface area contributed by atoms with E-state index in [1.807, 2.05) is 6.07 Å². The van der Waals surface area contributed by atoms with Gasteiger partial charge in [-0.05, 0) is 18.1 Å². The molecule has 6 nitrogen and oxygen atoms in total. The number of carbonyl (C=O) groups excluding carboxylic acids is 2. The van der Waals surface area contributed by atoms with Crippen LogP contribution in [0.3, 0.4) is 0 Å². The molecular weight excluding hydrogens is 308 g/mol. The van der Waals surface area contributed by atoms with Gasteiger partial charge in [0.15, 0.2) is 11.5 Å². The standard InChI is InChI=1S/C18H26N2O4/c1-12(2)10-19(3)18(22)13-8-17(21)20(11-13)14-6-7-15(23-4)16(9-14)24-5/h6-7,9,12-13H,8,10-11H2,1-5H3. The van der Waals surface area contributed by atoms with Crippen molar-refractivity contribution in [3.05, 3.63) is 18.2 Å². The van der Waals surface area contributed by atoms with Gasteiger partial charge in [0.2, 0.25) is 11.8 Å². The van der Waals surface area contributed by atoms with Gasteiger partial charge in [-0.15, -0.1) is 0 Å². The molecule has 2 amide bonds. The molecule has 0 N–H and O–H groups in total. The summed E-state index contributed by atoms with van der Waals surface area (Å²) in [4.78, 5) is 28.3. The summed E-state index contributed by atoms with van der Waals surface area (Å²) in [6.07, 6.45) is 0.246. The van der Waals surface area contributed by atoms with Gasteiger partial charge in [0.1, 0.15) is 0 Å². The zero-order valence-electron chi connectivity index (χ0n) is 15.0. The minimum absolute atomic E-state index is 0.0278. The average molecular weight is 334 g/mol. The molecule has 1 aromatic carbocycles. The number of anilines is 1. The number of methoxy groups -OCH3 is 2. The second kappa shape index (κ2) is 7.55. The van der Waals surface area contributed by atoms with Crippen LogP contribution in [0.4, 0.5) is 5.69 Å². The highest BCUT2D eigenvalue weighted by Crippen LogP contribution is 2.34. The lowest BCUT2D eigenvalue weighted by molar-refractivity contribution is -0.135. The molecule has 0 aliphatic carbocycles. The largest absolute Gasteiger partial charge is 0.493 e. The van der Waals surface area contributed by atoms with Crippen molar-refractivity contribution in [3.63, 3.8) is 0 Å². The second-order valence-electron chi connectivity index (χ2n) is 6.56. The Kier molecular flexibility index (Phi) is 5.70. The minimum atomic E-state index is -0.297. The first-order valence-corrected chi connectivity index (χ1v) is 8.14.